The fourth-order valence-electron chi connectivity index (χ4n) is 0.944. The first-order valence-electron chi connectivity index (χ1n) is 4.43. The minimum Gasteiger partial charge on any atom is -0.440 e. The van der Waals surface area contributed by atoms with Crippen LogP contribution in [0, 0.1) is 0 Å². The molecular formula is C9H11ClN2O3. The maximum Gasteiger partial charge on any atom is 0.287 e. The Morgan fingerprint density at radius 1 is 1.40 bits per heavy atom. The maximum atomic E-state index is 11.3. The standard InChI is InChI=1S/C9H11ClN2O3/c1-2-11-8(13)5-12-9(14)6-3-4-7(10)15-6/h3-4H,2,5H2,1H3,(H,11,13)(H,12,14). The van der Waals surface area contributed by atoms with Crippen LogP contribution < -0.4 is 10.6 Å². The van der Waals surface area contributed by atoms with Crippen molar-refractivity contribution in [3.8, 4) is 0 Å². The molecule has 0 radical (unpaired) electrons. The monoisotopic (exact) mass is 230 g/mol. The molecule has 1 heterocycles. The van der Waals surface area contributed by atoms with Crippen molar-refractivity contribution in [1.82, 2.24) is 10.6 Å². The molecule has 0 aromatic carbocycles. The predicted octanol–water partition coefficient (Wildman–Crippen LogP) is 0.799. The van der Waals surface area contributed by atoms with Crippen LogP contribution in [0.15, 0.2) is 16.5 Å². The lowest BCUT2D eigenvalue weighted by molar-refractivity contribution is -0.120. The van der Waals surface area contributed by atoms with Crippen LogP contribution in [0.5, 0.6) is 0 Å². The second kappa shape index (κ2) is 5.41. The van der Waals surface area contributed by atoms with Crippen molar-refractivity contribution >= 4 is 23.4 Å². The molecular weight excluding hydrogens is 220 g/mol. The largest absolute Gasteiger partial charge is 0.440 e. The van der Waals surface area contributed by atoms with Gasteiger partial charge in [-0.1, -0.05) is 0 Å². The molecule has 0 spiro atoms. The molecule has 2 N–H and O–H groups in total. The predicted molar refractivity (Wildman–Crippen MR) is 54.7 cm³/mol. The summed E-state index contributed by atoms with van der Waals surface area (Å²) in [7, 11) is 0. The molecule has 1 rings (SSSR count). The van der Waals surface area contributed by atoms with Gasteiger partial charge in [-0.3, -0.25) is 9.59 Å². The average Bonchev–Trinajstić information content (AvgIpc) is 2.62. The van der Waals surface area contributed by atoms with Gasteiger partial charge in [0.1, 0.15) is 0 Å². The Bertz CT molecular complexity index is 362. The molecule has 0 aliphatic carbocycles. The second-order valence-electron chi connectivity index (χ2n) is 2.74. The van der Waals surface area contributed by atoms with E-state index in [-0.39, 0.29) is 23.4 Å². The lowest BCUT2D eigenvalue weighted by atomic mass is 10.4. The zero-order chi connectivity index (χ0) is 11.3. The van der Waals surface area contributed by atoms with E-state index in [1.165, 1.54) is 12.1 Å². The number of hydrogen-bond acceptors (Lipinski definition) is 3. The van der Waals surface area contributed by atoms with Crippen molar-refractivity contribution in [2.24, 2.45) is 0 Å². The lowest BCUT2D eigenvalue weighted by Gasteiger charge is -2.02. The zero-order valence-electron chi connectivity index (χ0n) is 8.17. The summed E-state index contributed by atoms with van der Waals surface area (Å²) in [5.74, 6) is -0.624. The Labute approximate surface area is 91.8 Å². The van der Waals surface area contributed by atoms with E-state index in [4.69, 9.17) is 16.0 Å². The van der Waals surface area contributed by atoms with Crippen molar-refractivity contribution in [2.75, 3.05) is 13.1 Å². The number of halogens is 1. The smallest absolute Gasteiger partial charge is 0.287 e. The van der Waals surface area contributed by atoms with Gasteiger partial charge in [-0.05, 0) is 30.7 Å². The topological polar surface area (TPSA) is 71.3 Å². The molecule has 2 amide bonds. The molecule has 0 aliphatic heterocycles. The molecule has 5 nitrogen and oxygen atoms in total. The number of carbonyl (C=O) groups is 2. The maximum absolute atomic E-state index is 11.3. The van der Waals surface area contributed by atoms with Gasteiger partial charge in [-0.2, -0.15) is 0 Å². The number of likely N-dealkylation sites (N-methyl/N-ethyl adjacent to an activating group) is 1. The Hall–Kier alpha value is -1.49. The summed E-state index contributed by atoms with van der Waals surface area (Å²) < 4.78 is 4.86. The molecule has 0 aliphatic rings. The molecule has 1 aromatic heterocycles. The summed E-state index contributed by atoms with van der Waals surface area (Å²) in [5.41, 5.74) is 0. The van der Waals surface area contributed by atoms with Crippen molar-refractivity contribution in [2.45, 2.75) is 6.92 Å². The molecule has 0 fully saturated rings. The molecule has 0 bridgehead atoms. The quantitative estimate of drug-likeness (QED) is 0.804. The van der Waals surface area contributed by atoms with Gasteiger partial charge in [0.15, 0.2) is 11.0 Å². The third kappa shape index (κ3) is 3.63. The first-order valence-corrected chi connectivity index (χ1v) is 4.81. The molecule has 0 unspecified atom stereocenters. The Balaban J connectivity index is 2.40. The summed E-state index contributed by atoms with van der Waals surface area (Å²) >= 11 is 5.49. The normalized spacial score (nSPS) is 9.73. The number of hydrogen-bond donors (Lipinski definition) is 2. The number of rotatable bonds is 4. The summed E-state index contributed by atoms with van der Waals surface area (Å²) in [5, 5.41) is 5.08. The van der Waals surface area contributed by atoms with Crippen LogP contribution >= 0.6 is 11.6 Å². The van der Waals surface area contributed by atoms with E-state index < -0.39 is 5.91 Å². The minimum atomic E-state index is -0.465. The van der Waals surface area contributed by atoms with Crippen LogP contribution in [0.25, 0.3) is 0 Å². The van der Waals surface area contributed by atoms with Crippen molar-refractivity contribution < 1.29 is 14.0 Å². The summed E-state index contributed by atoms with van der Waals surface area (Å²) in [6, 6.07) is 2.90. The third-order valence-electron chi connectivity index (χ3n) is 1.58. The summed E-state index contributed by atoms with van der Waals surface area (Å²) in [4.78, 5) is 22.3. The fraction of sp³-hybridized carbons (Fsp3) is 0.333. The van der Waals surface area contributed by atoms with Crippen LogP contribution in [-0.4, -0.2) is 24.9 Å². The van der Waals surface area contributed by atoms with Gasteiger partial charge in [0, 0.05) is 6.54 Å². The Morgan fingerprint density at radius 3 is 2.67 bits per heavy atom. The molecule has 1 aromatic rings. The second-order valence-corrected chi connectivity index (χ2v) is 3.11. The molecule has 15 heavy (non-hydrogen) atoms. The van der Waals surface area contributed by atoms with Crippen molar-refractivity contribution in [3.05, 3.63) is 23.1 Å². The molecule has 82 valence electrons. The fourth-order valence-corrected chi connectivity index (χ4v) is 1.09. The summed E-state index contributed by atoms with van der Waals surface area (Å²) in [6.45, 7) is 2.25. The van der Waals surface area contributed by atoms with E-state index in [9.17, 15) is 9.59 Å². The molecule has 0 atom stereocenters. The lowest BCUT2D eigenvalue weighted by Crippen LogP contribution is -2.36. The van der Waals surface area contributed by atoms with Crippen molar-refractivity contribution in [3.63, 3.8) is 0 Å². The highest BCUT2D eigenvalue weighted by Gasteiger charge is 2.11. The highest BCUT2D eigenvalue weighted by atomic mass is 35.5. The van der Waals surface area contributed by atoms with E-state index in [0.29, 0.717) is 6.54 Å². The van der Waals surface area contributed by atoms with Crippen molar-refractivity contribution in [1.29, 1.82) is 0 Å². The van der Waals surface area contributed by atoms with Gasteiger partial charge in [-0.25, -0.2) is 0 Å². The third-order valence-corrected chi connectivity index (χ3v) is 1.78. The average molecular weight is 231 g/mol. The number of amides is 2. The van der Waals surface area contributed by atoms with E-state index in [0.717, 1.165) is 0 Å². The molecule has 0 saturated heterocycles. The van der Waals surface area contributed by atoms with Gasteiger partial charge < -0.3 is 15.1 Å². The Kier molecular flexibility index (Phi) is 4.17. The number of furan rings is 1. The SMILES string of the molecule is CCNC(=O)CNC(=O)c1ccc(Cl)o1. The van der Waals surface area contributed by atoms with E-state index in [1.807, 2.05) is 0 Å². The minimum absolute atomic E-state index is 0.0784. The highest BCUT2D eigenvalue weighted by Crippen LogP contribution is 2.12. The van der Waals surface area contributed by atoms with Crippen LogP contribution in [0.3, 0.4) is 0 Å². The highest BCUT2D eigenvalue weighted by molar-refractivity contribution is 6.29. The Morgan fingerprint density at radius 2 is 2.13 bits per heavy atom. The zero-order valence-corrected chi connectivity index (χ0v) is 8.93. The molecule has 0 saturated carbocycles. The van der Waals surface area contributed by atoms with Crippen LogP contribution in [-0.2, 0) is 4.79 Å². The van der Waals surface area contributed by atoms with E-state index in [2.05, 4.69) is 10.6 Å². The van der Waals surface area contributed by atoms with E-state index >= 15 is 0 Å². The van der Waals surface area contributed by atoms with Gasteiger partial charge in [0.2, 0.25) is 5.91 Å². The van der Waals surface area contributed by atoms with Crippen LogP contribution in [0.2, 0.25) is 5.22 Å². The van der Waals surface area contributed by atoms with Gasteiger partial charge in [0.25, 0.3) is 5.91 Å². The van der Waals surface area contributed by atoms with Crippen LogP contribution in [0.1, 0.15) is 17.5 Å². The van der Waals surface area contributed by atoms with Gasteiger partial charge in [0.05, 0.1) is 6.54 Å². The van der Waals surface area contributed by atoms with Crippen LogP contribution in [0.4, 0.5) is 0 Å². The number of nitrogens with one attached hydrogen (secondary N) is 2. The first kappa shape index (κ1) is 11.6. The number of carbonyl (C=O) groups excluding carboxylic acids is 2. The van der Waals surface area contributed by atoms with Gasteiger partial charge >= 0.3 is 0 Å². The van der Waals surface area contributed by atoms with E-state index in [1.54, 1.807) is 6.92 Å². The first-order chi connectivity index (χ1) is 7.13. The molecule has 6 heteroatoms. The van der Waals surface area contributed by atoms with Gasteiger partial charge in [-0.15, -0.1) is 0 Å². The summed E-state index contributed by atoms with van der Waals surface area (Å²) in [6.07, 6.45) is 0.